The fourth-order valence-electron chi connectivity index (χ4n) is 5.09. The molecule has 1 saturated carbocycles. The minimum Gasteiger partial charge on any atom is -0.389 e. The van der Waals surface area contributed by atoms with E-state index in [1.165, 1.54) is 12.1 Å². The molecule has 1 aromatic rings. The van der Waals surface area contributed by atoms with Crippen molar-refractivity contribution >= 4 is 5.91 Å². The Morgan fingerprint density at radius 2 is 1.96 bits per heavy atom. The van der Waals surface area contributed by atoms with Crippen molar-refractivity contribution in [2.24, 2.45) is 0 Å². The van der Waals surface area contributed by atoms with Crippen molar-refractivity contribution in [2.45, 2.75) is 89.3 Å². The Balaban J connectivity index is 1.47. The minimum atomic E-state index is -0.541. The predicted octanol–water partition coefficient (Wildman–Crippen LogP) is 2.28. The van der Waals surface area contributed by atoms with E-state index in [1.807, 2.05) is 9.58 Å². The molecule has 1 unspecified atom stereocenters. The Kier molecular flexibility index (Phi) is 5.55. The van der Waals surface area contributed by atoms with Gasteiger partial charge < -0.3 is 15.3 Å². The van der Waals surface area contributed by atoms with Gasteiger partial charge >= 0.3 is 0 Å². The first kappa shape index (κ1) is 18.9. The normalized spacial score (nSPS) is 24.8. The second-order valence-electron chi connectivity index (χ2n) is 8.69. The van der Waals surface area contributed by atoms with Crippen LogP contribution in [-0.2, 0) is 19.4 Å². The molecular formula is C21H34N4O2. The summed E-state index contributed by atoms with van der Waals surface area (Å²) in [6.45, 7) is 5.31. The van der Waals surface area contributed by atoms with Crippen LogP contribution < -0.4 is 5.32 Å². The highest BCUT2D eigenvalue weighted by Crippen LogP contribution is 2.30. The van der Waals surface area contributed by atoms with E-state index in [4.69, 9.17) is 5.10 Å². The van der Waals surface area contributed by atoms with Gasteiger partial charge in [0.15, 0.2) is 5.69 Å². The van der Waals surface area contributed by atoms with Crippen molar-refractivity contribution in [1.29, 1.82) is 0 Å². The van der Waals surface area contributed by atoms with Crippen LogP contribution in [0.5, 0.6) is 0 Å². The number of nitrogens with one attached hydrogen (secondary N) is 1. The van der Waals surface area contributed by atoms with Crippen LogP contribution in [0.25, 0.3) is 0 Å². The molecule has 2 aliphatic carbocycles. The van der Waals surface area contributed by atoms with Gasteiger partial charge in [-0.1, -0.05) is 19.3 Å². The second kappa shape index (κ2) is 7.92. The van der Waals surface area contributed by atoms with E-state index >= 15 is 0 Å². The summed E-state index contributed by atoms with van der Waals surface area (Å²) in [4.78, 5) is 15.0. The first-order chi connectivity index (χ1) is 13.1. The molecule has 3 aliphatic rings. The summed E-state index contributed by atoms with van der Waals surface area (Å²) in [6, 6.07) is 0.322. The lowest BCUT2D eigenvalue weighted by molar-refractivity contribution is 0.00227. The van der Waals surface area contributed by atoms with Gasteiger partial charge in [-0.05, 0) is 51.9 Å². The lowest BCUT2D eigenvalue weighted by atomic mass is 9.84. The zero-order valence-corrected chi connectivity index (χ0v) is 16.7. The van der Waals surface area contributed by atoms with Crippen LogP contribution in [0.2, 0.25) is 0 Å². The van der Waals surface area contributed by atoms with Gasteiger partial charge in [0.1, 0.15) is 0 Å². The Morgan fingerprint density at radius 3 is 2.67 bits per heavy atom. The third-order valence-corrected chi connectivity index (χ3v) is 6.75. The number of amides is 1. The molecule has 1 atom stereocenters. The molecule has 1 amide bonds. The third kappa shape index (κ3) is 3.92. The molecule has 0 radical (unpaired) electrons. The molecule has 1 aliphatic heterocycles. The van der Waals surface area contributed by atoms with E-state index in [9.17, 15) is 9.90 Å². The zero-order chi connectivity index (χ0) is 18.9. The number of aliphatic hydroxyl groups is 1. The highest BCUT2D eigenvalue weighted by Gasteiger charge is 2.34. The molecule has 0 spiro atoms. The SMILES string of the molecule is CCn1nc(C(=O)N2CCCC2)c2c1CCC(NCC1(O)CCCCC1)C2. The topological polar surface area (TPSA) is 70.4 Å². The lowest BCUT2D eigenvalue weighted by Crippen LogP contribution is -2.47. The third-order valence-electron chi connectivity index (χ3n) is 6.75. The molecule has 150 valence electrons. The van der Waals surface area contributed by atoms with E-state index in [1.54, 1.807) is 0 Å². The number of aromatic nitrogens is 2. The first-order valence-corrected chi connectivity index (χ1v) is 10.9. The Morgan fingerprint density at radius 1 is 1.22 bits per heavy atom. The average Bonchev–Trinajstić information content (AvgIpc) is 3.34. The van der Waals surface area contributed by atoms with Crippen LogP contribution in [0.1, 0.15) is 80.0 Å². The first-order valence-electron chi connectivity index (χ1n) is 10.9. The van der Waals surface area contributed by atoms with Gasteiger partial charge in [0.25, 0.3) is 5.91 Å². The van der Waals surface area contributed by atoms with Crippen LogP contribution in [-0.4, -0.2) is 57.0 Å². The number of fused-ring (bicyclic) bond motifs is 1. The second-order valence-corrected chi connectivity index (χ2v) is 8.69. The molecule has 1 saturated heterocycles. The number of carbonyl (C=O) groups excluding carboxylic acids is 1. The smallest absolute Gasteiger partial charge is 0.274 e. The molecule has 6 nitrogen and oxygen atoms in total. The fourth-order valence-corrected chi connectivity index (χ4v) is 5.09. The molecule has 0 aromatic carbocycles. The van der Waals surface area contributed by atoms with E-state index in [0.29, 0.717) is 18.3 Å². The summed E-state index contributed by atoms with van der Waals surface area (Å²) in [5.41, 5.74) is 2.53. The van der Waals surface area contributed by atoms with Crippen molar-refractivity contribution in [3.8, 4) is 0 Å². The maximum Gasteiger partial charge on any atom is 0.274 e. The van der Waals surface area contributed by atoms with Crippen molar-refractivity contribution in [2.75, 3.05) is 19.6 Å². The van der Waals surface area contributed by atoms with Gasteiger partial charge in [0, 0.05) is 43.5 Å². The van der Waals surface area contributed by atoms with Crippen LogP contribution >= 0.6 is 0 Å². The van der Waals surface area contributed by atoms with Gasteiger partial charge in [-0.2, -0.15) is 5.10 Å². The summed E-state index contributed by atoms with van der Waals surface area (Å²) >= 11 is 0. The van der Waals surface area contributed by atoms with Crippen molar-refractivity contribution in [3.05, 3.63) is 17.0 Å². The largest absolute Gasteiger partial charge is 0.389 e. The summed E-state index contributed by atoms with van der Waals surface area (Å²) < 4.78 is 2.03. The van der Waals surface area contributed by atoms with Crippen LogP contribution in [0, 0.1) is 0 Å². The molecule has 2 heterocycles. The number of hydrogen-bond acceptors (Lipinski definition) is 4. The van der Waals surface area contributed by atoms with E-state index in [0.717, 1.165) is 83.0 Å². The average molecular weight is 375 g/mol. The monoisotopic (exact) mass is 374 g/mol. The summed E-state index contributed by atoms with van der Waals surface area (Å²) in [5.74, 6) is 0.113. The minimum absolute atomic E-state index is 0.113. The molecule has 27 heavy (non-hydrogen) atoms. The van der Waals surface area contributed by atoms with Crippen molar-refractivity contribution in [3.63, 3.8) is 0 Å². The Labute approximate surface area is 162 Å². The van der Waals surface area contributed by atoms with Gasteiger partial charge in [-0.15, -0.1) is 0 Å². The molecule has 0 bridgehead atoms. The van der Waals surface area contributed by atoms with Crippen molar-refractivity contribution < 1.29 is 9.90 Å². The number of hydrogen-bond donors (Lipinski definition) is 2. The molecular weight excluding hydrogens is 340 g/mol. The highest BCUT2D eigenvalue weighted by atomic mass is 16.3. The number of likely N-dealkylation sites (tertiary alicyclic amines) is 1. The van der Waals surface area contributed by atoms with Gasteiger partial charge in [-0.3, -0.25) is 9.48 Å². The molecule has 1 aromatic heterocycles. The maximum atomic E-state index is 13.0. The van der Waals surface area contributed by atoms with Crippen LogP contribution in [0.3, 0.4) is 0 Å². The number of carbonyl (C=O) groups is 1. The maximum absolute atomic E-state index is 13.0. The zero-order valence-electron chi connectivity index (χ0n) is 16.7. The quantitative estimate of drug-likeness (QED) is 0.830. The summed E-state index contributed by atoms with van der Waals surface area (Å²) in [5, 5.41) is 19.1. The number of nitrogens with zero attached hydrogens (tertiary/aromatic N) is 3. The van der Waals surface area contributed by atoms with Crippen LogP contribution in [0.4, 0.5) is 0 Å². The van der Waals surface area contributed by atoms with E-state index in [-0.39, 0.29) is 5.91 Å². The summed E-state index contributed by atoms with van der Waals surface area (Å²) in [7, 11) is 0. The van der Waals surface area contributed by atoms with Crippen molar-refractivity contribution in [1.82, 2.24) is 20.0 Å². The Hall–Kier alpha value is -1.40. The van der Waals surface area contributed by atoms with Gasteiger partial charge in [0.2, 0.25) is 0 Å². The molecule has 2 N–H and O–H groups in total. The lowest BCUT2D eigenvalue weighted by Gasteiger charge is -2.35. The molecule has 4 rings (SSSR count). The molecule has 6 heteroatoms. The predicted molar refractivity (Wildman–Crippen MR) is 105 cm³/mol. The van der Waals surface area contributed by atoms with E-state index < -0.39 is 5.60 Å². The van der Waals surface area contributed by atoms with E-state index in [2.05, 4.69) is 12.2 Å². The van der Waals surface area contributed by atoms with Gasteiger partial charge in [-0.25, -0.2) is 0 Å². The standard InChI is InChI=1S/C21H34N4O2/c1-2-25-18-9-8-16(22-15-21(27)10-4-3-5-11-21)14-17(18)19(23-25)20(26)24-12-6-7-13-24/h16,22,27H,2-15H2,1H3. The summed E-state index contributed by atoms with van der Waals surface area (Å²) in [6.07, 6.45) is 10.4. The molecule has 2 fully saturated rings. The highest BCUT2D eigenvalue weighted by molar-refractivity contribution is 5.94. The van der Waals surface area contributed by atoms with Crippen LogP contribution in [0.15, 0.2) is 0 Å². The number of rotatable bonds is 5. The van der Waals surface area contributed by atoms with Gasteiger partial charge in [0.05, 0.1) is 5.60 Å². The fraction of sp³-hybridized carbons (Fsp3) is 0.810. The Bertz CT molecular complexity index is 672. The number of aryl methyl sites for hydroxylation is 1.